The maximum absolute atomic E-state index is 12.3. The number of rotatable bonds is 3. The van der Waals surface area contributed by atoms with Crippen molar-refractivity contribution in [2.45, 2.75) is 6.54 Å². The lowest BCUT2D eigenvalue weighted by Crippen LogP contribution is -2.25. The Morgan fingerprint density at radius 3 is 2.90 bits per heavy atom. The lowest BCUT2D eigenvalue weighted by atomic mass is 10.2. The highest BCUT2D eigenvalue weighted by molar-refractivity contribution is 7.80. The Hall–Kier alpha value is -2.67. The van der Waals surface area contributed by atoms with Gasteiger partial charge in [-0.3, -0.25) is 9.78 Å². The predicted octanol–water partition coefficient (Wildman–Crippen LogP) is 0.869. The topological polar surface area (TPSA) is 86.7 Å². The number of hydrogen-bond donors (Lipinski definition) is 1. The first-order valence-electron chi connectivity index (χ1n) is 6.22. The van der Waals surface area contributed by atoms with Crippen LogP contribution in [-0.2, 0) is 6.54 Å². The first kappa shape index (κ1) is 13.3. The largest absolute Gasteiger partial charge is 0.388 e. The van der Waals surface area contributed by atoms with E-state index in [-0.39, 0.29) is 17.1 Å². The second kappa shape index (κ2) is 5.37. The number of hydrogen-bond acceptors (Lipinski definition) is 5. The van der Waals surface area contributed by atoms with E-state index in [1.165, 1.54) is 4.68 Å². The van der Waals surface area contributed by atoms with E-state index in [9.17, 15) is 4.79 Å². The molecule has 0 amide bonds. The van der Waals surface area contributed by atoms with Crippen molar-refractivity contribution in [1.29, 1.82) is 0 Å². The highest BCUT2D eigenvalue weighted by Gasteiger charge is 2.07. The molecule has 0 saturated heterocycles. The number of fused-ring (bicyclic) bond motifs is 1. The van der Waals surface area contributed by atoms with Crippen molar-refractivity contribution >= 4 is 28.1 Å². The molecule has 3 aromatic rings. The van der Waals surface area contributed by atoms with Crippen molar-refractivity contribution in [2.24, 2.45) is 5.73 Å². The highest BCUT2D eigenvalue weighted by atomic mass is 32.1. The lowest BCUT2D eigenvalue weighted by molar-refractivity contribution is 0.600. The summed E-state index contributed by atoms with van der Waals surface area (Å²) >= 11 is 4.89. The summed E-state index contributed by atoms with van der Waals surface area (Å²) < 4.78 is 1.31. The van der Waals surface area contributed by atoms with Gasteiger partial charge in [0.05, 0.1) is 17.6 Å². The van der Waals surface area contributed by atoms with Crippen LogP contribution >= 0.6 is 12.2 Å². The zero-order valence-corrected chi connectivity index (χ0v) is 11.7. The van der Waals surface area contributed by atoms with Gasteiger partial charge in [-0.25, -0.2) is 4.68 Å². The van der Waals surface area contributed by atoms with Gasteiger partial charge in [-0.15, -0.1) is 5.10 Å². The smallest absolute Gasteiger partial charge is 0.277 e. The number of thiocarbonyl (C=S) groups is 1. The Bertz CT molecular complexity index is 890. The van der Waals surface area contributed by atoms with Crippen LogP contribution in [0.3, 0.4) is 0 Å². The van der Waals surface area contributed by atoms with Gasteiger partial charge in [0.1, 0.15) is 10.5 Å². The molecule has 3 rings (SSSR count). The average molecular weight is 297 g/mol. The van der Waals surface area contributed by atoms with Crippen LogP contribution < -0.4 is 11.3 Å². The molecule has 0 aliphatic rings. The average Bonchev–Trinajstić information content (AvgIpc) is 2.51. The van der Waals surface area contributed by atoms with E-state index in [2.05, 4.69) is 15.3 Å². The maximum atomic E-state index is 12.3. The molecule has 6 nitrogen and oxygen atoms in total. The number of benzene rings is 1. The minimum atomic E-state index is -0.186. The van der Waals surface area contributed by atoms with Gasteiger partial charge in [-0.1, -0.05) is 29.6 Å². The van der Waals surface area contributed by atoms with Crippen LogP contribution in [0, 0.1) is 0 Å². The molecule has 0 spiro atoms. The van der Waals surface area contributed by atoms with E-state index >= 15 is 0 Å². The molecule has 1 aromatic carbocycles. The van der Waals surface area contributed by atoms with Crippen molar-refractivity contribution in [2.75, 3.05) is 0 Å². The summed E-state index contributed by atoms with van der Waals surface area (Å²) in [6.45, 7) is 0.287. The van der Waals surface area contributed by atoms with Gasteiger partial charge in [0.25, 0.3) is 5.56 Å². The molecule has 0 unspecified atom stereocenters. The summed E-state index contributed by atoms with van der Waals surface area (Å²) in [5, 5.41) is 8.53. The zero-order chi connectivity index (χ0) is 14.8. The van der Waals surface area contributed by atoms with E-state index in [4.69, 9.17) is 18.0 Å². The van der Waals surface area contributed by atoms with Crippen molar-refractivity contribution in [3.63, 3.8) is 0 Å². The quantitative estimate of drug-likeness (QED) is 0.722. The third-order valence-electron chi connectivity index (χ3n) is 3.04. The molecular formula is C14H11N5OS. The van der Waals surface area contributed by atoms with E-state index in [1.54, 1.807) is 36.5 Å². The van der Waals surface area contributed by atoms with Crippen LogP contribution in [0.15, 0.2) is 47.4 Å². The van der Waals surface area contributed by atoms with E-state index < -0.39 is 0 Å². The first-order chi connectivity index (χ1) is 10.1. The van der Waals surface area contributed by atoms with E-state index in [1.807, 2.05) is 6.07 Å². The summed E-state index contributed by atoms with van der Waals surface area (Å²) in [7, 11) is 0. The van der Waals surface area contributed by atoms with Gasteiger partial charge in [-0.05, 0) is 29.8 Å². The van der Waals surface area contributed by atoms with Crippen LogP contribution in [0.1, 0.15) is 11.3 Å². The zero-order valence-electron chi connectivity index (χ0n) is 10.9. The third kappa shape index (κ3) is 2.63. The van der Waals surface area contributed by atoms with Crippen molar-refractivity contribution < 1.29 is 0 Å². The minimum absolute atomic E-state index is 0.186. The van der Waals surface area contributed by atoms with Gasteiger partial charge in [0.2, 0.25) is 0 Å². The molecule has 0 saturated carbocycles. The number of nitrogens with two attached hydrogens (primary N) is 1. The Morgan fingerprint density at radius 1 is 1.29 bits per heavy atom. The molecule has 0 fully saturated rings. The fourth-order valence-electron chi connectivity index (χ4n) is 2.01. The third-order valence-corrected chi connectivity index (χ3v) is 3.25. The molecule has 7 heteroatoms. The summed E-state index contributed by atoms with van der Waals surface area (Å²) in [5.41, 5.74) is 7.30. The summed E-state index contributed by atoms with van der Waals surface area (Å²) in [5.74, 6) is 0. The van der Waals surface area contributed by atoms with Crippen LogP contribution in [0.4, 0.5) is 0 Å². The van der Waals surface area contributed by atoms with Gasteiger partial charge in [0.15, 0.2) is 0 Å². The normalized spacial score (nSPS) is 10.7. The standard InChI is InChI=1S/C14H11N5OS/c15-13(21)12-7-9(5-6-16-12)8-19-14(20)10-3-1-2-4-11(10)17-18-19/h1-7H,8H2,(H2,15,21). The monoisotopic (exact) mass is 297 g/mol. The Kier molecular flexibility index (Phi) is 3.41. The first-order valence-corrected chi connectivity index (χ1v) is 6.63. The summed E-state index contributed by atoms with van der Waals surface area (Å²) in [6.07, 6.45) is 1.60. The van der Waals surface area contributed by atoms with Crippen molar-refractivity contribution in [1.82, 2.24) is 20.0 Å². The molecule has 0 aliphatic carbocycles. The van der Waals surface area contributed by atoms with Crippen LogP contribution in [0.2, 0.25) is 0 Å². The lowest BCUT2D eigenvalue weighted by Gasteiger charge is -2.06. The second-order valence-electron chi connectivity index (χ2n) is 4.48. The molecule has 0 radical (unpaired) electrons. The van der Waals surface area contributed by atoms with Crippen LogP contribution in [-0.4, -0.2) is 25.0 Å². The molecule has 21 heavy (non-hydrogen) atoms. The fourth-order valence-corrected chi connectivity index (χ4v) is 2.12. The predicted molar refractivity (Wildman–Crippen MR) is 83.0 cm³/mol. The van der Waals surface area contributed by atoms with Gasteiger partial charge >= 0.3 is 0 Å². The second-order valence-corrected chi connectivity index (χ2v) is 4.92. The fraction of sp³-hybridized carbons (Fsp3) is 0.0714. The molecular weight excluding hydrogens is 286 g/mol. The van der Waals surface area contributed by atoms with Gasteiger partial charge < -0.3 is 5.73 Å². The molecule has 2 aromatic heterocycles. The molecule has 104 valence electrons. The van der Waals surface area contributed by atoms with Crippen molar-refractivity contribution in [3.8, 4) is 0 Å². The van der Waals surface area contributed by atoms with Crippen molar-refractivity contribution in [3.05, 3.63) is 64.2 Å². The molecule has 2 heterocycles. The Labute approximate surface area is 125 Å². The van der Waals surface area contributed by atoms with Crippen LogP contribution in [0.5, 0.6) is 0 Å². The summed E-state index contributed by atoms with van der Waals surface area (Å²) in [6, 6.07) is 10.6. The molecule has 0 aliphatic heterocycles. The Morgan fingerprint density at radius 2 is 2.10 bits per heavy atom. The van der Waals surface area contributed by atoms with Gasteiger partial charge in [0, 0.05) is 6.20 Å². The molecule has 0 atom stereocenters. The van der Waals surface area contributed by atoms with E-state index in [0.717, 1.165) is 5.56 Å². The number of nitrogens with zero attached hydrogens (tertiary/aromatic N) is 4. The Balaban J connectivity index is 2.02. The van der Waals surface area contributed by atoms with E-state index in [0.29, 0.717) is 16.6 Å². The number of pyridine rings is 1. The number of aromatic nitrogens is 4. The highest BCUT2D eigenvalue weighted by Crippen LogP contribution is 2.06. The minimum Gasteiger partial charge on any atom is -0.388 e. The van der Waals surface area contributed by atoms with Gasteiger partial charge in [-0.2, -0.15) is 0 Å². The molecule has 2 N–H and O–H groups in total. The SMILES string of the molecule is NC(=S)c1cc(Cn2nnc3ccccc3c2=O)ccn1. The molecule has 0 bridgehead atoms. The summed E-state index contributed by atoms with van der Waals surface area (Å²) in [4.78, 5) is 16.6. The maximum Gasteiger partial charge on any atom is 0.277 e. The van der Waals surface area contributed by atoms with Crippen LogP contribution in [0.25, 0.3) is 10.9 Å².